The number of nitrogens with one attached hydrogen (secondary N) is 1. The highest BCUT2D eigenvalue weighted by Crippen LogP contribution is 2.21. The van der Waals surface area contributed by atoms with E-state index in [2.05, 4.69) is 9.71 Å². The van der Waals surface area contributed by atoms with Crippen molar-refractivity contribution in [3.05, 3.63) is 23.5 Å². The molecule has 122 valence electrons. The fourth-order valence-electron chi connectivity index (χ4n) is 2.35. The van der Waals surface area contributed by atoms with Gasteiger partial charge in [0.1, 0.15) is 4.90 Å². The van der Waals surface area contributed by atoms with Gasteiger partial charge in [-0.3, -0.25) is 9.78 Å². The summed E-state index contributed by atoms with van der Waals surface area (Å²) in [5.41, 5.74) is 0. The van der Waals surface area contributed by atoms with E-state index in [1.165, 1.54) is 12.3 Å². The van der Waals surface area contributed by atoms with E-state index < -0.39 is 15.9 Å². The first kappa shape index (κ1) is 17.1. The van der Waals surface area contributed by atoms with E-state index in [1.54, 1.807) is 7.11 Å². The van der Waals surface area contributed by atoms with Crippen LogP contribution in [0, 0.1) is 5.92 Å². The lowest BCUT2D eigenvalue weighted by atomic mass is 9.94. The van der Waals surface area contributed by atoms with Crippen LogP contribution in [0.1, 0.15) is 19.3 Å². The number of rotatable bonds is 5. The molecule has 7 nitrogen and oxygen atoms in total. The van der Waals surface area contributed by atoms with Crippen molar-refractivity contribution in [3.63, 3.8) is 0 Å². The average molecular weight is 348 g/mol. The highest BCUT2D eigenvalue weighted by atomic mass is 35.5. The van der Waals surface area contributed by atoms with Crippen LogP contribution < -0.4 is 4.72 Å². The van der Waals surface area contributed by atoms with Gasteiger partial charge in [-0.05, 0) is 24.8 Å². The predicted molar refractivity (Wildman–Crippen MR) is 80.5 cm³/mol. The topological polar surface area (TPSA) is 88.6 Å². The van der Waals surface area contributed by atoms with Crippen LogP contribution in [0.15, 0.2) is 23.4 Å². The fourth-order valence-corrected chi connectivity index (χ4v) is 3.57. The van der Waals surface area contributed by atoms with Gasteiger partial charge in [-0.15, -0.1) is 0 Å². The zero-order valence-corrected chi connectivity index (χ0v) is 13.7. The number of hydroxylamine groups is 2. The highest BCUT2D eigenvalue weighted by Gasteiger charge is 2.24. The number of carbonyl (C=O) groups is 1. The summed E-state index contributed by atoms with van der Waals surface area (Å²) in [7, 11) is -2.32. The largest absolute Gasteiger partial charge is 0.302 e. The minimum absolute atomic E-state index is 0.123. The monoisotopic (exact) mass is 347 g/mol. The first-order valence-electron chi connectivity index (χ1n) is 6.86. The molecule has 0 atom stereocenters. The van der Waals surface area contributed by atoms with Gasteiger partial charge in [0.15, 0.2) is 0 Å². The maximum atomic E-state index is 12.1. The predicted octanol–water partition coefficient (Wildman–Crippen LogP) is 1.20. The molecule has 1 saturated heterocycles. The number of piperidine rings is 1. The number of amides is 1. The SMILES string of the molecule is CON1CCC(CC(=O)NS(=O)(=O)c2cncc(Cl)c2)CC1. The molecule has 0 unspecified atom stereocenters. The smallest absolute Gasteiger partial charge is 0.265 e. The second-order valence-corrected chi connectivity index (χ2v) is 7.25. The molecule has 0 aliphatic carbocycles. The molecule has 0 bridgehead atoms. The van der Waals surface area contributed by atoms with Crippen molar-refractivity contribution >= 4 is 27.5 Å². The number of pyridine rings is 1. The van der Waals surface area contributed by atoms with E-state index in [0.29, 0.717) is 0 Å². The van der Waals surface area contributed by atoms with Gasteiger partial charge in [-0.2, -0.15) is 5.06 Å². The summed E-state index contributed by atoms with van der Waals surface area (Å²) in [4.78, 5) is 20.6. The van der Waals surface area contributed by atoms with Crippen molar-refractivity contribution in [3.8, 4) is 0 Å². The Morgan fingerprint density at radius 1 is 1.45 bits per heavy atom. The summed E-state index contributed by atoms with van der Waals surface area (Å²) >= 11 is 5.71. The Balaban J connectivity index is 1.91. The third kappa shape index (κ3) is 4.64. The molecule has 1 amide bonds. The molecule has 1 N–H and O–H groups in total. The molecule has 2 heterocycles. The molecule has 0 spiro atoms. The summed E-state index contributed by atoms with van der Waals surface area (Å²) in [6, 6.07) is 1.25. The molecule has 1 aliphatic rings. The lowest BCUT2D eigenvalue weighted by Crippen LogP contribution is -2.36. The molecule has 1 aliphatic heterocycles. The van der Waals surface area contributed by atoms with E-state index >= 15 is 0 Å². The third-order valence-corrected chi connectivity index (χ3v) is 5.09. The molecule has 9 heteroatoms. The zero-order chi connectivity index (χ0) is 16.2. The van der Waals surface area contributed by atoms with Gasteiger partial charge in [0.05, 0.1) is 12.1 Å². The molecular formula is C13H18ClN3O4S. The van der Waals surface area contributed by atoms with Gasteiger partial charge < -0.3 is 4.84 Å². The number of aromatic nitrogens is 1. The summed E-state index contributed by atoms with van der Waals surface area (Å²) in [6.45, 7) is 1.47. The van der Waals surface area contributed by atoms with Crippen LogP contribution >= 0.6 is 11.6 Å². The van der Waals surface area contributed by atoms with Crippen LogP contribution in [0.4, 0.5) is 0 Å². The normalized spacial score (nSPS) is 17.4. The Kier molecular flexibility index (Phi) is 5.74. The van der Waals surface area contributed by atoms with E-state index in [-0.39, 0.29) is 22.3 Å². The number of sulfonamides is 1. The Morgan fingerprint density at radius 2 is 2.14 bits per heavy atom. The van der Waals surface area contributed by atoms with Crippen LogP contribution in [-0.2, 0) is 19.7 Å². The summed E-state index contributed by atoms with van der Waals surface area (Å²) < 4.78 is 26.2. The molecule has 1 fully saturated rings. The zero-order valence-electron chi connectivity index (χ0n) is 12.2. The van der Waals surface area contributed by atoms with Crippen molar-refractivity contribution < 1.29 is 18.0 Å². The van der Waals surface area contributed by atoms with Crippen LogP contribution in [-0.4, -0.2) is 44.6 Å². The summed E-state index contributed by atoms with van der Waals surface area (Å²) in [5, 5.41) is 2.02. The second kappa shape index (κ2) is 7.36. The second-order valence-electron chi connectivity index (χ2n) is 5.13. The van der Waals surface area contributed by atoms with Crippen molar-refractivity contribution in [1.82, 2.24) is 14.8 Å². The minimum atomic E-state index is -3.93. The Hall–Kier alpha value is -1.22. The standard InChI is InChI=1S/C13H18ClN3O4S/c1-21-17-4-2-10(3-5-17)6-13(18)16-22(19,20)12-7-11(14)8-15-9-12/h7-10H,2-6H2,1H3,(H,16,18). The van der Waals surface area contributed by atoms with Gasteiger partial charge >= 0.3 is 0 Å². The van der Waals surface area contributed by atoms with Crippen molar-refractivity contribution in [2.45, 2.75) is 24.2 Å². The fraction of sp³-hybridized carbons (Fsp3) is 0.538. The number of carbonyl (C=O) groups excluding carboxylic acids is 1. The highest BCUT2D eigenvalue weighted by molar-refractivity contribution is 7.90. The summed E-state index contributed by atoms with van der Waals surface area (Å²) in [6.07, 6.45) is 4.23. The Morgan fingerprint density at radius 3 is 2.73 bits per heavy atom. The van der Waals surface area contributed by atoms with Gasteiger partial charge in [-0.1, -0.05) is 11.6 Å². The number of nitrogens with zero attached hydrogens (tertiary/aromatic N) is 2. The van der Waals surface area contributed by atoms with Crippen LogP contribution in [0.3, 0.4) is 0 Å². The average Bonchev–Trinajstić information content (AvgIpc) is 2.47. The molecular weight excluding hydrogens is 330 g/mol. The minimum Gasteiger partial charge on any atom is -0.302 e. The number of hydrogen-bond donors (Lipinski definition) is 1. The van der Waals surface area contributed by atoms with Crippen LogP contribution in [0.5, 0.6) is 0 Å². The van der Waals surface area contributed by atoms with E-state index in [1.807, 2.05) is 5.06 Å². The van der Waals surface area contributed by atoms with Crippen LogP contribution in [0.25, 0.3) is 0 Å². The molecule has 22 heavy (non-hydrogen) atoms. The lowest BCUT2D eigenvalue weighted by molar-refractivity contribution is -0.149. The maximum Gasteiger partial charge on any atom is 0.265 e. The van der Waals surface area contributed by atoms with Gasteiger partial charge in [-0.25, -0.2) is 13.1 Å². The molecule has 0 saturated carbocycles. The number of hydrogen-bond acceptors (Lipinski definition) is 6. The molecule has 0 radical (unpaired) electrons. The maximum absolute atomic E-state index is 12.1. The molecule has 0 aromatic carbocycles. The Labute approximate surface area is 134 Å². The van der Waals surface area contributed by atoms with E-state index in [9.17, 15) is 13.2 Å². The number of halogens is 1. The van der Waals surface area contributed by atoms with Crippen molar-refractivity contribution in [2.75, 3.05) is 20.2 Å². The quantitative estimate of drug-likeness (QED) is 0.861. The molecule has 2 rings (SSSR count). The van der Waals surface area contributed by atoms with Crippen LogP contribution in [0.2, 0.25) is 5.02 Å². The first-order valence-corrected chi connectivity index (χ1v) is 8.72. The van der Waals surface area contributed by atoms with Crippen molar-refractivity contribution in [2.24, 2.45) is 5.92 Å². The van der Waals surface area contributed by atoms with E-state index in [4.69, 9.17) is 16.4 Å². The molecule has 1 aromatic heterocycles. The third-order valence-electron chi connectivity index (χ3n) is 3.54. The first-order chi connectivity index (χ1) is 10.4. The van der Waals surface area contributed by atoms with E-state index in [0.717, 1.165) is 32.1 Å². The molecule has 1 aromatic rings. The van der Waals surface area contributed by atoms with Gasteiger partial charge in [0.2, 0.25) is 5.91 Å². The van der Waals surface area contributed by atoms with Crippen molar-refractivity contribution in [1.29, 1.82) is 0 Å². The Bertz CT molecular complexity index is 630. The lowest BCUT2D eigenvalue weighted by Gasteiger charge is -2.29. The summed E-state index contributed by atoms with van der Waals surface area (Å²) in [5.74, 6) is -0.366. The van der Waals surface area contributed by atoms with Gasteiger partial charge in [0.25, 0.3) is 10.0 Å². The van der Waals surface area contributed by atoms with Gasteiger partial charge in [0, 0.05) is 31.9 Å².